The van der Waals surface area contributed by atoms with Gasteiger partial charge in [0.05, 0.1) is 17.8 Å². The lowest BCUT2D eigenvalue weighted by atomic mass is 10.1. The van der Waals surface area contributed by atoms with Crippen molar-refractivity contribution in [3.8, 4) is 6.07 Å². The minimum absolute atomic E-state index is 0.0179. The van der Waals surface area contributed by atoms with Crippen molar-refractivity contribution in [3.63, 3.8) is 0 Å². The maximum Gasteiger partial charge on any atom is 0.331 e. The van der Waals surface area contributed by atoms with Gasteiger partial charge in [0.2, 0.25) is 0 Å². The zero-order valence-electron chi connectivity index (χ0n) is 18.7. The molecule has 0 atom stereocenters. The summed E-state index contributed by atoms with van der Waals surface area (Å²) in [5, 5.41) is 18.0. The summed E-state index contributed by atoms with van der Waals surface area (Å²) in [5.74, 6) is 0.726. The molecule has 0 amide bonds. The summed E-state index contributed by atoms with van der Waals surface area (Å²) < 4.78 is 4.49. The average Bonchev–Trinajstić information content (AvgIpc) is 3.14. The van der Waals surface area contributed by atoms with Crippen LogP contribution in [0.5, 0.6) is 0 Å². The number of hydrogen-bond donors (Lipinski definition) is 0. The van der Waals surface area contributed by atoms with Crippen molar-refractivity contribution in [1.82, 2.24) is 23.9 Å². The Labute approximate surface area is 185 Å². The molecule has 0 N–H and O–H groups in total. The first-order chi connectivity index (χ1) is 15.4. The number of anilines is 1. The van der Waals surface area contributed by atoms with Crippen molar-refractivity contribution in [1.29, 1.82) is 5.26 Å². The molecule has 166 valence electrons. The van der Waals surface area contributed by atoms with E-state index in [0.717, 1.165) is 43.7 Å². The third-order valence-corrected chi connectivity index (χ3v) is 5.91. The van der Waals surface area contributed by atoms with Gasteiger partial charge >= 0.3 is 5.69 Å². The Kier molecular flexibility index (Phi) is 5.95. The minimum Gasteiger partial charge on any atom is -0.357 e. The van der Waals surface area contributed by atoms with E-state index >= 15 is 0 Å². The number of aromatic nitrogens is 5. The minimum atomic E-state index is -0.478. The van der Waals surface area contributed by atoms with Gasteiger partial charge in [-0.1, -0.05) is 11.6 Å². The first kappa shape index (κ1) is 21.6. The standard InChI is InChI=1S/C23H27N7O2/c1-16(2)9-13-29-20-19(18(14-24)21(29)28-11-5-4-6-12-28)27(3)23(32)30(22(20)31)15-17-8-7-10-25-26-17/h7-10H,4-6,11-13,15H2,1-3H3. The van der Waals surface area contributed by atoms with Crippen LogP contribution in [0.2, 0.25) is 0 Å². The predicted molar refractivity (Wildman–Crippen MR) is 123 cm³/mol. The molecular weight excluding hydrogens is 406 g/mol. The lowest BCUT2D eigenvalue weighted by Gasteiger charge is -2.30. The molecule has 4 rings (SSSR count). The summed E-state index contributed by atoms with van der Waals surface area (Å²) in [5.41, 5.74) is 1.87. The second kappa shape index (κ2) is 8.83. The van der Waals surface area contributed by atoms with Crippen LogP contribution >= 0.6 is 0 Å². The van der Waals surface area contributed by atoms with Crippen molar-refractivity contribution in [3.05, 3.63) is 62.1 Å². The highest BCUT2D eigenvalue weighted by Gasteiger charge is 2.28. The Morgan fingerprint density at radius 1 is 1.16 bits per heavy atom. The maximum absolute atomic E-state index is 13.7. The van der Waals surface area contributed by atoms with E-state index in [-0.39, 0.29) is 6.54 Å². The third-order valence-electron chi connectivity index (χ3n) is 5.91. The van der Waals surface area contributed by atoms with Gasteiger partial charge in [-0.2, -0.15) is 15.5 Å². The number of nitriles is 1. The van der Waals surface area contributed by atoms with Crippen molar-refractivity contribution < 1.29 is 0 Å². The lowest BCUT2D eigenvalue weighted by molar-refractivity contribution is 0.565. The second-order valence-electron chi connectivity index (χ2n) is 8.40. The number of rotatable bonds is 5. The first-order valence-corrected chi connectivity index (χ1v) is 10.8. The Balaban J connectivity index is 2.05. The summed E-state index contributed by atoms with van der Waals surface area (Å²) in [7, 11) is 1.61. The Morgan fingerprint density at radius 2 is 1.91 bits per heavy atom. The summed E-state index contributed by atoms with van der Waals surface area (Å²) in [6.07, 6.45) is 6.79. The van der Waals surface area contributed by atoms with Gasteiger partial charge in [0.25, 0.3) is 5.56 Å². The highest BCUT2D eigenvalue weighted by Crippen LogP contribution is 2.32. The van der Waals surface area contributed by atoms with E-state index in [1.165, 1.54) is 9.13 Å². The van der Waals surface area contributed by atoms with Crippen LogP contribution in [0, 0.1) is 11.3 Å². The molecule has 3 aromatic heterocycles. The molecule has 1 aliphatic heterocycles. The van der Waals surface area contributed by atoms with Gasteiger partial charge in [0.15, 0.2) is 0 Å². The summed E-state index contributed by atoms with van der Waals surface area (Å²) in [4.78, 5) is 29.0. The molecule has 0 aromatic carbocycles. The largest absolute Gasteiger partial charge is 0.357 e. The van der Waals surface area contributed by atoms with E-state index in [0.29, 0.717) is 28.8 Å². The van der Waals surface area contributed by atoms with Crippen molar-refractivity contribution in [2.45, 2.75) is 46.2 Å². The highest BCUT2D eigenvalue weighted by atomic mass is 16.2. The van der Waals surface area contributed by atoms with Crippen LogP contribution in [0.25, 0.3) is 11.0 Å². The fraction of sp³-hybridized carbons (Fsp3) is 0.435. The van der Waals surface area contributed by atoms with E-state index in [4.69, 9.17) is 0 Å². The fourth-order valence-electron chi connectivity index (χ4n) is 4.34. The molecule has 0 unspecified atom stereocenters. The molecule has 0 saturated carbocycles. The molecule has 0 aliphatic carbocycles. The Bertz CT molecular complexity index is 1330. The molecule has 0 bridgehead atoms. The molecule has 3 aromatic rings. The van der Waals surface area contributed by atoms with E-state index in [1.54, 1.807) is 25.4 Å². The number of hydrogen-bond acceptors (Lipinski definition) is 6. The average molecular weight is 434 g/mol. The van der Waals surface area contributed by atoms with Gasteiger partial charge in [-0.3, -0.25) is 13.9 Å². The smallest absolute Gasteiger partial charge is 0.331 e. The van der Waals surface area contributed by atoms with Crippen molar-refractivity contribution >= 4 is 16.9 Å². The van der Waals surface area contributed by atoms with Gasteiger partial charge in [0.1, 0.15) is 23.0 Å². The summed E-state index contributed by atoms with van der Waals surface area (Å²) >= 11 is 0. The number of nitrogens with zero attached hydrogens (tertiary/aromatic N) is 7. The molecule has 1 saturated heterocycles. The van der Waals surface area contributed by atoms with Crippen LogP contribution < -0.4 is 16.1 Å². The first-order valence-electron chi connectivity index (χ1n) is 10.8. The molecular formula is C23H27N7O2. The van der Waals surface area contributed by atoms with Gasteiger partial charge in [-0.15, -0.1) is 0 Å². The molecule has 0 radical (unpaired) electrons. The number of piperidine rings is 1. The van der Waals surface area contributed by atoms with Crippen LogP contribution in [0.1, 0.15) is 44.4 Å². The number of fused-ring (bicyclic) bond motifs is 1. The van der Waals surface area contributed by atoms with Gasteiger partial charge < -0.3 is 9.47 Å². The Hall–Kier alpha value is -3.67. The molecule has 4 heterocycles. The highest BCUT2D eigenvalue weighted by molar-refractivity contribution is 5.90. The normalized spacial score (nSPS) is 13.9. The zero-order valence-corrected chi connectivity index (χ0v) is 18.7. The van der Waals surface area contributed by atoms with Gasteiger partial charge in [-0.25, -0.2) is 4.79 Å². The topological polar surface area (TPSA) is 102 Å². The lowest BCUT2D eigenvalue weighted by Crippen LogP contribution is -2.40. The van der Waals surface area contributed by atoms with Crippen LogP contribution in [0.3, 0.4) is 0 Å². The number of allylic oxidation sites excluding steroid dienone is 2. The van der Waals surface area contributed by atoms with Gasteiger partial charge in [0, 0.05) is 32.9 Å². The van der Waals surface area contributed by atoms with Crippen LogP contribution in [-0.4, -0.2) is 37.0 Å². The molecule has 1 fully saturated rings. The van der Waals surface area contributed by atoms with E-state index < -0.39 is 11.2 Å². The quantitative estimate of drug-likeness (QED) is 0.572. The molecule has 1 aliphatic rings. The molecule has 0 spiro atoms. The Morgan fingerprint density at radius 3 is 2.53 bits per heavy atom. The number of aryl methyl sites for hydroxylation is 1. The fourth-order valence-corrected chi connectivity index (χ4v) is 4.34. The molecule has 9 nitrogen and oxygen atoms in total. The van der Waals surface area contributed by atoms with E-state index in [2.05, 4.69) is 21.2 Å². The maximum atomic E-state index is 13.7. The molecule has 9 heteroatoms. The monoisotopic (exact) mass is 433 g/mol. The third kappa shape index (κ3) is 3.73. The summed E-state index contributed by atoms with van der Waals surface area (Å²) in [6, 6.07) is 5.74. The summed E-state index contributed by atoms with van der Waals surface area (Å²) in [6.45, 7) is 6.11. The van der Waals surface area contributed by atoms with E-state index in [1.807, 2.05) is 24.5 Å². The SMILES string of the molecule is CC(C)=CCn1c(N2CCCCC2)c(C#N)c2c1c(=O)n(Cc1cccnn1)c(=O)n2C. The molecule has 32 heavy (non-hydrogen) atoms. The van der Waals surface area contributed by atoms with Crippen LogP contribution in [0.4, 0.5) is 5.82 Å². The second-order valence-corrected chi connectivity index (χ2v) is 8.40. The van der Waals surface area contributed by atoms with Gasteiger partial charge in [-0.05, 0) is 45.2 Å². The van der Waals surface area contributed by atoms with Crippen LogP contribution in [-0.2, 0) is 20.1 Å². The zero-order chi connectivity index (χ0) is 22.8. The predicted octanol–water partition coefficient (Wildman–Crippen LogP) is 2.17. The van der Waals surface area contributed by atoms with E-state index in [9.17, 15) is 14.9 Å². The van der Waals surface area contributed by atoms with Crippen molar-refractivity contribution in [2.75, 3.05) is 18.0 Å². The van der Waals surface area contributed by atoms with Crippen LogP contribution in [0.15, 0.2) is 39.6 Å². The van der Waals surface area contributed by atoms with Crippen molar-refractivity contribution in [2.24, 2.45) is 7.05 Å².